The van der Waals surface area contributed by atoms with Crippen LogP contribution in [-0.2, 0) is 18.9 Å². The maximum absolute atomic E-state index is 5.48. The molecule has 0 aliphatic carbocycles. The Balaban J connectivity index is 0. The van der Waals surface area contributed by atoms with E-state index in [4.69, 9.17) is 18.9 Å². The van der Waals surface area contributed by atoms with Crippen LogP contribution in [0.15, 0.2) is 48.6 Å². The minimum Gasteiger partial charge on any atom is -0.356 e. The second kappa shape index (κ2) is 21.0. The molecule has 0 radical (unpaired) electrons. The van der Waals surface area contributed by atoms with Crippen LogP contribution in [0, 0.1) is 0 Å². The molecule has 4 nitrogen and oxygen atoms in total. The molecule has 0 aromatic carbocycles. The molecule has 4 heteroatoms. The molecular weight excluding hydrogens is 376 g/mol. The van der Waals surface area contributed by atoms with Gasteiger partial charge in [0.2, 0.25) is 0 Å². The zero-order valence-electron chi connectivity index (χ0n) is 20.7. The molecular formula is C26H48O4. The number of allylic oxidation sites excluding steroid dienone is 2. The van der Waals surface area contributed by atoms with Crippen molar-refractivity contribution in [2.24, 2.45) is 0 Å². The molecule has 0 aromatic heterocycles. The van der Waals surface area contributed by atoms with Gasteiger partial charge in [0.25, 0.3) is 0 Å². The van der Waals surface area contributed by atoms with Crippen LogP contribution in [-0.4, -0.2) is 40.0 Å². The summed E-state index contributed by atoms with van der Waals surface area (Å²) >= 11 is 0. The van der Waals surface area contributed by atoms with E-state index in [0.29, 0.717) is 13.2 Å². The van der Waals surface area contributed by atoms with E-state index >= 15 is 0 Å². The van der Waals surface area contributed by atoms with Crippen LogP contribution in [0.4, 0.5) is 0 Å². The van der Waals surface area contributed by atoms with Crippen LogP contribution >= 0.6 is 0 Å². The average Bonchev–Trinajstić information content (AvgIpc) is 2.66. The van der Waals surface area contributed by atoms with Crippen LogP contribution in [0.2, 0.25) is 0 Å². The summed E-state index contributed by atoms with van der Waals surface area (Å²) in [6.07, 6.45) is 7.77. The SMILES string of the molecule is C=C(C)CCCC(=C)CC(OC)OC.C=C(C)CCCC(=C)CC(OCC)OCC. The highest BCUT2D eigenvalue weighted by Gasteiger charge is 2.09. The van der Waals surface area contributed by atoms with Gasteiger partial charge < -0.3 is 18.9 Å². The van der Waals surface area contributed by atoms with Crippen molar-refractivity contribution in [3.05, 3.63) is 48.6 Å². The van der Waals surface area contributed by atoms with Gasteiger partial charge in [0.1, 0.15) is 0 Å². The van der Waals surface area contributed by atoms with Crippen LogP contribution in [0.1, 0.15) is 79.1 Å². The average molecular weight is 425 g/mol. The smallest absolute Gasteiger partial charge is 0.161 e. The third-order valence-electron chi connectivity index (χ3n) is 4.41. The lowest BCUT2D eigenvalue weighted by atomic mass is 10.0. The lowest BCUT2D eigenvalue weighted by molar-refractivity contribution is -0.134. The summed E-state index contributed by atoms with van der Waals surface area (Å²) in [7, 11) is 3.30. The molecule has 0 amide bonds. The van der Waals surface area contributed by atoms with Crippen LogP contribution in [0.25, 0.3) is 0 Å². The Morgan fingerprint density at radius 1 is 0.633 bits per heavy atom. The molecule has 0 rings (SSSR count). The fourth-order valence-electron chi connectivity index (χ4n) is 2.76. The minimum atomic E-state index is -0.146. The maximum Gasteiger partial charge on any atom is 0.161 e. The minimum absolute atomic E-state index is 0.118. The van der Waals surface area contributed by atoms with E-state index in [0.717, 1.165) is 51.4 Å². The number of ether oxygens (including phenoxy) is 4. The Labute approximate surface area is 187 Å². The van der Waals surface area contributed by atoms with Gasteiger partial charge in [-0.3, -0.25) is 0 Å². The van der Waals surface area contributed by atoms with Crippen molar-refractivity contribution in [3.8, 4) is 0 Å². The second-order valence-corrected chi connectivity index (χ2v) is 7.77. The summed E-state index contributed by atoms with van der Waals surface area (Å²) < 4.78 is 21.2. The quantitative estimate of drug-likeness (QED) is 0.170. The lowest BCUT2D eigenvalue weighted by Gasteiger charge is -2.18. The monoisotopic (exact) mass is 424 g/mol. The summed E-state index contributed by atoms with van der Waals surface area (Å²) in [6.45, 7) is 25.3. The van der Waals surface area contributed by atoms with Gasteiger partial charge in [-0.05, 0) is 66.2 Å². The van der Waals surface area contributed by atoms with Crippen LogP contribution in [0.5, 0.6) is 0 Å². The fraction of sp³-hybridized carbons (Fsp3) is 0.692. The van der Waals surface area contributed by atoms with Gasteiger partial charge in [0, 0.05) is 40.3 Å². The predicted octanol–water partition coefficient (Wildman–Crippen LogP) is 7.38. The largest absolute Gasteiger partial charge is 0.356 e. The molecule has 0 aromatic rings. The van der Waals surface area contributed by atoms with Crippen molar-refractivity contribution in [1.82, 2.24) is 0 Å². The first-order valence-corrected chi connectivity index (χ1v) is 11.1. The first-order valence-electron chi connectivity index (χ1n) is 11.1. The summed E-state index contributed by atoms with van der Waals surface area (Å²) in [5.74, 6) is 0. The molecule has 0 unspecified atom stereocenters. The molecule has 0 saturated carbocycles. The van der Waals surface area contributed by atoms with E-state index < -0.39 is 0 Å². The maximum atomic E-state index is 5.48. The van der Waals surface area contributed by atoms with E-state index in [9.17, 15) is 0 Å². The van der Waals surface area contributed by atoms with E-state index in [-0.39, 0.29) is 12.6 Å². The van der Waals surface area contributed by atoms with Crippen molar-refractivity contribution in [1.29, 1.82) is 0 Å². The molecule has 0 aliphatic rings. The van der Waals surface area contributed by atoms with E-state index in [1.165, 1.54) is 22.3 Å². The van der Waals surface area contributed by atoms with E-state index in [1.807, 2.05) is 13.8 Å². The van der Waals surface area contributed by atoms with Crippen molar-refractivity contribution < 1.29 is 18.9 Å². The molecule has 0 aliphatic heterocycles. The number of methoxy groups -OCH3 is 2. The molecule has 30 heavy (non-hydrogen) atoms. The van der Waals surface area contributed by atoms with Crippen molar-refractivity contribution >= 4 is 0 Å². The lowest BCUT2D eigenvalue weighted by Crippen LogP contribution is -2.17. The van der Waals surface area contributed by atoms with Gasteiger partial charge in [-0.15, -0.1) is 13.2 Å². The Hall–Kier alpha value is -1.20. The molecule has 0 fully saturated rings. The van der Waals surface area contributed by atoms with E-state index in [2.05, 4.69) is 40.2 Å². The topological polar surface area (TPSA) is 36.9 Å². The number of hydrogen-bond acceptors (Lipinski definition) is 4. The van der Waals surface area contributed by atoms with Gasteiger partial charge in [0.15, 0.2) is 12.6 Å². The van der Waals surface area contributed by atoms with Gasteiger partial charge in [-0.1, -0.05) is 35.5 Å². The first-order chi connectivity index (χ1) is 14.2. The molecule has 0 bridgehead atoms. The van der Waals surface area contributed by atoms with Crippen molar-refractivity contribution in [3.63, 3.8) is 0 Å². The Morgan fingerprint density at radius 2 is 1.00 bits per heavy atom. The highest BCUT2D eigenvalue weighted by Crippen LogP contribution is 2.17. The fourth-order valence-corrected chi connectivity index (χ4v) is 2.76. The predicted molar refractivity (Wildman–Crippen MR) is 130 cm³/mol. The normalized spacial score (nSPS) is 10.7. The molecule has 0 saturated heterocycles. The second-order valence-electron chi connectivity index (χ2n) is 7.77. The van der Waals surface area contributed by atoms with Crippen LogP contribution < -0.4 is 0 Å². The van der Waals surface area contributed by atoms with Gasteiger partial charge in [-0.2, -0.15) is 0 Å². The highest BCUT2D eigenvalue weighted by atomic mass is 16.7. The first kappa shape index (κ1) is 31.0. The van der Waals surface area contributed by atoms with Crippen molar-refractivity contribution in [2.45, 2.75) is 91.6 Å². The summed E-state index contributed by atoms with van der Waals surface area (Å²) in [4.78, 5) is 0. The number of rotatable bonds is 18. The van der Waals surface area contributed by atoms with Gasteiger partial charge >= 0.3 is 0 Å². The molecule has 0 atom stereocenters. The molecule has 0 heterocycles. The summed E-state index contributed by atoms with van der Waals surface area (Å²) in [6, 6.07) is 0. The summed E-state index contributed by atoms with van der Waals surface area (Å²) in [5, 5.41) is 0. The van der Waals surface area contributed by atoms with Gasteiger partial charge in [0.05, 0.1) is 0 Å². The molecule has 176 valence electrons. The Kier molecular flexibility index (Phi) is 21.7. The molecule has 0 N–H and O–H groups in total. The Bertz CT molecular complexity index is 471. The third-order valence-corrected chi connectivity index (χ3v) is 4.41. The van der Waals surface area contributed by atoms with Crippen molar-refractivity contribution in [2.75, 3.05) is 27.4 Å². The highest BCUT2D eigenvalue weighted by molar-refractivity contribution is 4.98. The van der Waals surface area contributed by atoms with Crippen LogP contribution in [0.3, 0.4) is 0 Å². The zero-order chi connectivity index (χ0) is 23.4. The Morgan fingerprint density at radius 3 is 1.30 bits per heavy atom. The number of hydrogen-bond donors (Lipinski definition) is 0. The third kappa shape index (κ3) is 21.5. The van der Waals surface area contributed by atoms with E-state index in [1.54, 1.807) is 14.2 Å². The standard InChI is InChI=1S/C14H26O2.C12H22O2/c1-6-15-14(16-7-2)11-13(5)10-8-9-12(3)4;1-10(2)7-6-8-11(3)9-12(13-4)14-5/h14H,3,5-11H2,1-2,4H3;12H,1,3,6-9H2,2,4-5H3. The zero-order valence-corrected chi connectivity index (χ0v) is 20.7. The van der Waals surface area contributed by atoms with Gasteiger partial charge in [-0.25, -0.2) is 0 Å². The summed E-state index contributed by atoms with van der Waals surface area (Å²) in [5.41, 5.74) is 4.85. The molecule has 0 spiro atoms.